The van der Waals surface area contributed by atoms with Gasteiger partial charge in [0.2, 0.25) is 0 Å². The zero-order valence-corrected chi connectivity index (χ0v) is 12.3. The first-order valence-corrected chi connectivity index (χ1v) is 7.14. The van der Waals surface area contributed by atoms with Gasteiger partial charge in [-0.3, -0.25) is 4.99 Å². The van der Waals surface area contributed by atoms with Crippen molar-refractivity contribution in [2.45, 2.75) is 32.0 Å². The molecule has 0 bridgehead atoms. The van der Waals surface area contributed by atoms with Crippen LogP contribution in [0, 0.1) is 6.92 Å². The van der Waals surface area contributed by atoms with Crippen molar-refractivity contribution in [1.29, 1.82) is 0 Å². The van der Waals surface area contributed by atoms with E-state index in [0.29, 0.717) is 30.0 Å². The highest BCUT2D eigenvalue weighted by molar-refractivity contribution is 5.91. The maximum atomic E-state index is 5.86. The molecular weight excluding hydrogens is 284 g/mol. The number of anilines is 1. The Bertz CT molecular complexity index is 642. The summed E-state index contributed by atoms with van der Waals surface area (Å²) in [7, 11) is 0. The van der Waals surface area contributed by atoms with E-state index in [0.717, 1.165) is 12.8 Å². The SMILES string of the molecule is Cc1noc([C@@H]2CC[C@H](CN=C(N)Nc3ccccn3)O2)n1. The van der Waals surface area contributed by atoms with Gasteiger partial charge in [-0.1, -0.05) is 11.2 Å². The summed E-state index contributed by atoms with van der Waals surface area (Å²) in [5, 5.41) is 6.71. The largest absolute Gasteiger partial charge is 0.370 e. The summed E-state index contributed by atoms with van der Waals surface area (Å²) in [5.74, 6) is 2.13. The average Bonchev–Trinajstić information content (AvgIpc) is 3.15. The molecule has 116 valence electrons. The highest BCUT2D eigenvalue weighted by Crippen LogP contribution is 2.31. The lowest BCUT2D eigenvalue weighted by Gasteiger charge is -2.09. The minimum Gasteiger partial charge on any atom is -0.370 e. The molecule has 0 aliphatic carbocycles. The van der Waals surface area contributed by atoms with Crippen LogP contribution < -0.4 is 11.1 Å². The van der Waals surface area contributed by atoms with Gasteiger partial charge >= 0.3 is 0 Å². The fraction of sp³-hybridized carbons (Fsp3) is 0.429. The molecular formula is C14H18N6O2. The maximum Gasteiger partial charge on any atom is 0.255 e. The molecule has 2 atom stereocenters. The minimum atomic E-state index is -0.147. The number of rotatable bonds is 4. The Morgan fingerprint density at radius 2 is 2.36 bits per heavy atom. The van der Waals surface area contributed by atoms with E-state index in [9.17, 15) is 0 Å². The quantitative estimate of drug-likeness (QED) is 0.649. The van der Waals surface area contributed by atoms with Crippen LogP contribution in [0.3, 0.4) is 0 Å². The van der Waals surface area contributed by atoms with Gasteiger partial charge < -0.3 is 20.3 Å². The minimum absolute atomic E-state index is 0.00119. The third-order valence-corrected chi connectivity index (χ3v) is 3.31. The number of pyridine rings is 1. The molecule has 0 spiro atoms. The molecule has 0 aromatic carbocycles. The van der Waals surface area contributed by atoms with Crippen molar-refractivity contribution in [3.05, 3.63) is 36.1 Å². The lowest BCUT2D eigenvalue weighted by molar-refractivity contribution is 0.0309. The first-order chi connectivity index (χ1) is 10.7. The number of ether oxygens (including phenoxy) is 1. The second-order valence-corrected chi connectivity index (χ2v) is 5.07. The third-order valence-electron chi connectivity index (χ3n) is 3.31. The number of hydrogen-bond acceptors (Lipinski definition) is 6. The van der Waals surface area contributed by atoms with Gasteiger partial charge in [-0.05, 0) is 31.9 Å². The van der Waals surface area contributed by atoms with Crippen LogP contribution in [0.5, 0.6) is 0 Å². The summed E-state index contributed by atoms with van der Waals surface area (Å²) in [5.41, 5.74) is 5.84. The van der Waals surface area contributed by atoms with Gasteiger partial charge in [-0.15, -0.1) is 0 Å². The number of hydrogen-bond donors (Lipinski definition) is 2. The van der Waals surface area contributed by atoms with E-state index >= 15 is 0 Å². The van der Waals surface area contributed by atoms with Crippen LogP contribution in [0.25, 0.3) is 0 Å². The van der Waals surface area contributed by atoms with Gasteiger partial charge in [0.05, 0.1) is 12.6 Å². The maximum absolute atomic E-state index is 5.86. The van der Waals surface area contributed by atoms with E-state index in [-0.39, 0.29) is 12.2 Å². The standard InChI is InChI=1S/C14H18N6O2/c1-9-18-13(22-20-9)11-6-5-10(21-11)8-17-14(15)19-12-4-2-3-7-16-12/h2-4,7,10-11H,5-6,8H2,1H3,(H3,15,16,17,19)/t10-,11+/m1/s1. The van der Waals surface area contributed by atoms with Gasteiger partial charge in [0.15, 0.2) is 11.8 Å². The van der Waals surface area contributed by atoms with Crippen LogP contribution in [0.15, 0.2) is 33.9 Å². The molecule has 8 nitrogen and oxygen atoms in total. The average molecular weight is 302 g/mol. The lowest BCUT2D eigenvalue weighted by Crippen LogP contribution is -2.25. The van der Waals surface area contributed by atoms with Gasteiger partial charge in [-0.25, -0.2) is 4.98 Å². The highest BCUT2D eigenvalue weighted by Gasteiger charge is 2.30. The summed E-state index contributed by atoms with van der Waals surface area (Å²) in [4.78, 5) is 12.6. The topological polar surface area (TPSA) is 111 Å². The molecule has 3 heterocycles. The number of aliphatic imine (C=N–C) groups is 1. The summed E-state index contributed by atoms with van der Waals surface area (Å²) in [6.45, 7) is 2.27. The zero-order chi connectivity index (χ0) is 15.4. The monoisotopic (exact) mass is 302 g/mol. The lowest BCUT2D eigenvalue weighted by atomic mass is 10.2. The summed E-state index contributed by atoms with van der Waals surface area (Å²) < 4.78 is 11.0. The fourth-order valence-electron chi connectivity index (χ4n) is 2.27. The molecule has 0 radical (unpaired) electrons. The van der Waals surface area contributed by atoms with Crippen LogP contribution in [0.4, 0.5) is 5.82 Å². The molecule has 2 aromatic heterocycles. The second-order valence-electron chi connectivity index (χ2n) is 5.07. The predicted molar refractivity (Wildman–Crippen MR) is 80.2 cm³/mol. The number of aromatic nitrogens is 3. The van der Waals surface area contributed by atoms with Crippen molar-refractivity contribution in [3.63, 3.8) is 0 Å². The number of nitrogens with two attached hydrogens (primary N) is 1. The van der Waals surface area contributed by atoms with Crippen LogP contribution in [0.1, 0.15) is 30.7 Å². The molecule has 22 heavy (non-hydrogen) atoms. The van der Waals surface area contributed by atoms with E-state index in [1.807, 2.05) is 18.2 Å². The molecule has 3 N–H and O–H groups in total. The van der Waals surface area contributed by atoms with Crippen molar-refractivity contribution >= 4 is 11.8 Å². The van der Waals surface area contributed by atoms with Gasteiger partial charge in [0, 0.05) is 6.20 Å². The zero-order valence-electron chi connectivity index (χ0n) is 12.3. The second kappa shape index (κ2) is 6.52. The highest BCUT2D eigenvalue weighted by atomic mass is 16.5. The van der Waals surface area contributed by atoms with Crippen molar-refractivity contribution < 1.29 is 9.26 Å². The molecule has 0 saturated carbocycles. The van der Waals surface area contributed by atoms with Crippen molar-refractivity contribution in [2.75, 3.05) is 11.9 Å². The first kappa shape index (κ1) is 14.5. The van der Waals surface area contributed by atoms with Crippen molar-refractivity contribution in [3.8, 4) is 0 Å². The molecule has 2 aromatic rings. The molecule has 0 unspecified atom stereocenters. The third kappa shape index (κ3) is 3.59. The van der Waals surface area contributed by atoms with Crippen molar-refractivity contribution in [2.24, 2.45) is 10.7 Å². The number of nitrogens with one attached hydrogen (secondary N) is 1. The van der Waals surface area contributed by atoms with E-state index in [4.69, 9.17) is 15.0 Å². The Morgan fingerprint density at radius 3 is 3.09 bits per heavy atom. The smallest absolute Gasteiger partial charge is 0.255 e. The number of guanidine groups is 1. The van der Waals surface area contributed by atoms with E-state index in [1.54, 1.807) is 13.1 Å². The first-order valence-electron chi connectivity index (χ1n) is 7.14. The van der Waals surface area contributed by atoms with Crippen LogP contribution in [0.2, 0.25) is 0 Å². The van der Waals surface area contributed by atoms with Crippen molar-refractivity contribution in [1.82, 2.24) is 15.1 Å². The Kier molecular flexibility index (Phi) is 4.29. The molecule has 1 fully saturated rings. The molecule has 3 rings (SSSR count). The fourth-order valence-corrected chi connectivity index (χ4v) is 2.27. The van der Waals surface area contributed by atoms with E-state index in [2.05, 4.69) is 25.4 Å². The van der Waals surface area contributed by atoms with Crippen LogP contribution in [-0.4, -0.2) is 33.7 Å². The Labute approximate surface area is 127 Å². The number of nitrogens with zero attached hydrogens (tertiary/aromatic N) is 4. The van der Waals surface area contributed by atoms with Gasteiger partial charge in [-0.2, -0.15) is 4.98 Å². The van der Waals surface area contributed by atoms with E-state index < -0.39 is 0 Å². The molecule has 1 aliphatic heterocycles. The van der Waals surface area contributed by atoms with Gasteiger partial charge in [0.25, 0.3) is 5.89 Å². The normalized spacial score (nSPS) is 22.0. The summed E-state index contributed by atoms with van der Waals surface area (Å²) >= 11 is 0. The Hall–Kier alpha value is -2.48. The van der Waals surface area contributed by atoms with Crippen LogP contribution in [-0.2, 0) is 4.74 Å². The Morgan fingerprint density at radius 1 is 1.45 bits per heavy atom. The molecule has 1 saturated heterocycles. The number of aryl methyl sites for hydroxylation is 1. The molecule has 8 heteroatoms. The Balaban J connectivity index is 1.51. The van der Waals surface area contributed by atoms with Gasteiger partial charge in [0.1, 0.15) is 11.9 Å². The molecule has 0 amide bonds. The van der Waals surface area contributed by atoms with Crippen LogP contribution >= 0.6 is 0 Å². The summed E-state index contributed by atoms with van der Waals surface area (Å²) in [6, 6.07) is 5.53. The molecule has 1 aliphatic rings. The summed E-state index contributed by atoms with van der Waals surface area (Å²) in [6.07, 6.45) is 3.27. The van der Waals surface area contributed by atoms with E-state index in [1.165, 1.54) is 0 Å². The predicted octanol–water partition coefficient (Wildman–Crippen LogP) is 1.42.